The summed E-state index contributed by atoms with van der Waals surface area (Å²) in [5.74, 6) is -0.439. The van der Waals surface area contributed by atoms with Crippen LogP contribution < -0.4 is 0 Å². The van der Waals surface area contributed by atoms with E-state index in [-0.39, 0.29) is 10.6 Å². The van der Waals surface area contributed by atoms with Gasteiger partial charge in [-0.15, -0.1) is 16.9 Å². The van der Waals surface area contributed by atoms with Crippen molar-refractivity contribution in [2.75, 3.05) is 12.0 Å². The van der Waals surface area contributed by atoms with Gasteiger partial charge < -0.3 is 5.11 Å². The zero-order valence-corrected chi connectivity index (χ0v) is 12.8. The van der Waals surface area contributed by atoms with Gasteiger partial charge in [0.1, 0.15) is 0 Å². The second kappa shape index (κ2) is 6.27. The summed E-state index contributed by atoms with van der Waals surface area (Å²) in [6.07, 6.45) is 2.54. The van der Waals surface area contributed by atoms with Crippen molar-refractivity contribution in [1.29, 1.82) is 0 Å². The van der Waals surface area contributed by atoms with Gasteiger partial charge in [0.15, 0.2) is 15.5 Å². The van der Waals surface area contributed by atoms with Crippen molar-refractivity contribution in [2.24, 2.45) is 0 Å². The average Bonchev–Trinajstić information content (AvgIpc) is 2.87. The van der Waals surface area contributed by atoms with Gasteiger partial charge in [-0.25, -0.2) is 13.2 Å². The highest BCUT2D eigenvalue weighted by Gasteiger charge is 2.08. The van der Waals surface area contributed by atoms with E-state index in [9.17, 15) is 13.2 Å². The SMILES string of the molecule is CS(=O)(=O)c1ccc(SCCn2cc(C(=O)O)nn2)cc1. The van der Waals surface area contributed by atoms with Crippen LogP contribution >= 0.6 is 11.8 Å². The lowest BCUT2D eigenvalue weighted by atomic mass is 10.4. The Hall–Kier alpha value is -1.87. The molecule has 2 rings (SSSR count). The first-order chi connectivity index (χ1) is 9.86. The Morgan fingerprint density at radius 1 is 1.33 bits per heavy atom. The van der Waals surface area contributed by atoms with Crippen LogP contribution in [0.4, 0.5) is 0 Å². The largest absolute Gasteiger partial charge is 0.476 e. The van der Waals surface area contributed by atoms with E-state index < -0.39 is 15.8 Å². The minimum absolute atomic E-state index is 0.0856. The van der Waals surface area contributed by atoms with E-state index in [2.05, 4.69) is 10.3 Å². The van der Waals surface area contributed by atoms with Crippen LogP contribution in [-0.4, -0.2) is 46.5 Å². The van der Waals surface area contributed by atoms with Crippen LogP contribution in [0.25, 0.3) is 0 Å². The summed E-state index contributed by atoms with van der Waals surface area (Å²) in [6, 6.07) is 6.61. The minimum atomic E-state index is -3.18. The molecule has 0 saturated carbocycles. The molecule has 1 N–H and O–H groups in total. The first-order valence-corrected chi connectivity index (χ1v) is 8.80. The molecule has 0 bridgehead atoms. The Bertz CT molecular complexity index is 738. The van der Waals surface area contributed by atoms with Crippen molar-refractivity contribution in [1.82, 2.24) is 15.0 Å². The number of carboxylic acid groups (broad SMARTS) is 1. The topological polar surface area (TPSA) is 102 Å². The van der Waals surface area contributed by atoms with E-state index in [1.165, 1.54) is 28.9 Å². The normalized spacial score (nSPS) is 11.5. The summed E-state index contributed by atoms with van der Waals surface area (Å²) in [5, 5.41) is 15.9. The molecule has 2 aromatic rings. The summed E-state index contributed by atoms with van der Waals surface area (Å²) < 4.78 is 24.1. The van der Waals surface area contributed by atoms with Gasteiger partial charge in [0, 0.05) is 16.9 Å². The average molecular weight is 327 g/mol. The maximum Gasteiger partial charge on any atom is 0.358 e. The minimum Gasteiger partial charge on any atom is -0.476 e. The molecule has 21 heavy (non-hydrogen) atoms. The van der Waals surface area contributed by atoms with Crippen molar-refractivity contribution in [2.45, 2.75) is 16.3 Å². The van der Waals surface area contributed by atoms with Crippen molar-refractivity contribution >= 4 is 27.6 Å². The molecule has 0 aliphatic heterocycles. The summed E-state index contributed by atoms with van der Waals surface area (Å²) in [7, 11) is -3.18. The number of rotatable bonds is 6. The predicted octanol–water partition coefficient (Wildman–Crippen LogP) is 1.17. The number of aryl methyl sites for hydroxylation is 1. The van der Waals surface area contributed by atoms with Crippen LogP contribution in [0.2, 0.25) is 0 Å². The van der Waals surface area contributed by atoms with Gasteiger partial charge in [0.05, 0.1) is 17.6 Å². The Kier molecular flexibility index (Phi) is 4.63. The molecule has 1 aromatic heterocycles. The van der Waals surface area contributed by atoms with Gasteiger partial charge in [-0.05, 0) is 24.3 Å². The van der Waals surface area contributed by atoms with E-state index in [4.69, 9.17) is 5.11 Å². The van der Waals surface area contributed by atoms with Gasteiger partial charge in [-0.3, -0.25) is 4.68 Å². The second-order valence-electron chi connectivity index (χ2n) is 4.26. The molecule has 0 amide bonds. The van der Waals surface area contributed by atoms with Crippen LogP contribution in [-0.2, 0) is 16.4 Å². The van der Waals surface area contributed by atoms with Crippen molar-refractivity contribution in [3.63, 3.8) is 0 Å². The molecule has 7 nitrogen and oxygen atoms in total. The zero-order chi connectivity index (χ0) is 15.5. The van der Waals surface area contributed by atoms with Crippen LogP contribution in [0, 0.1) is 0 Å². The molecule has 0 saturated heterocycles. The van der Waals surface area contributed by atoms with Gasteiger partial charge in [0.2, 0.25) is 0 Å². The quantitative estimate of drug-likeness (QED) is 0.794. The molecule has 0 aliphatic carbocycles. The monoisotopic (exact) mass is 327 g/mol. The summed E-state index contributed by atoms with van der Waals surface area (Å²) in [5.41, 5.74) is -0.0856. The van der Waals surface area contributed by atoms with Gasteiger partial charge >= 0.3 is 5.97 Å². The van der Waals surface area contributed by atoms with E-state index in [1.807, 2.05) is 0 Å². The third kappa shape index (κ3) is 4.30. The fourth-order valence-electron chi connectivity index (χ4n) is 1.55. The molecule has 0 atom stereocenters. The van der Waals surface area contributed by atoms with Crippen LogP contribution in [0.5, 0.6) is 0 Å². The number of nitrogens with zero attached hydrogens (tertiary/aromatic N) is 3. The van der Waals surface area contributed by atoms with E-state index in [1.54, 1.807) is 24.3 Å². The third-order valence-electron chi connectivity index (χ3n) is 2.60. The molecular weight excluding hydrogens is 314 g/mol. The number of carboxylic acids is 1. The highest BCUT2D eigenvalue weighted by Crippen LogP contribution is 2.20. The van der Waals surface area contributed by atoms with E-state index in [0.29, 0.717) is 12.3 Å². The molecule has 9 heteroatoms. The third-order valence-corrected chi connectivity index (χ3v) is 4.72. The van der Waals surface area contributed by atoms with E-state index >= 15 is 0 Å². The molecule has 0 spiro atoms. The Morgan fingerprint density at radius 3 is 2.52 bits per heavy atom. The van der Waals surface area contributed by atoms with Crippen molar-refractivity contribution < 1.29 is 18.3 Å². The Balaban J connectivity index is 1.89. The Morgan fingerprint density at radius 2 is 2.00 bits per heavy atom. The second-order valence-corrected chi connectivity index (χ2v) is 7.45. The lowest BCUT2D eigenvalue weighted by Crippen LogP contribution is -2.01. The zero-order valence-electron chi connectivity index (χ0n) is 11.1. The maximum absolute atomic E-state index is 11.3. The van der Waals surface area contributed by atoms with Crippen molar-refractivity contribution in [3.05, 3.63) is 36.2 Å². The standard InChI is InChI=1S/C12H13N3O4S2/c1-21(18,19)10-4-2-9(3-5-10)20-7-6-15-8-11(12(16)17)13-14-15/h2-5,8H,6-7H2,1H3,(H,16,17). The van der Waals surface area contributed by atoms with Crippen LogP contribution in [0.3, 0.4) is 0 Å². The smallest absolute Gasteiger partial charge is 0.358 e. The number of aromatic nitrogens is 3. The highest BCUT2D eigenvalue weighted by molar-refractivity contribution is 7.99. The lowest BCUT2D eigenvalue weighted by Gasteiger charge is -2.03. The molecular formula is C12H13N3O4S2. The molecule has 0 unspecified atom stereocenters. The molecule has 0 aliphatic rings. The van der Waals surface area contributed by atoms with Crippen LogP contribution in [0.1, 0.15) is 10.5 Å². The number of hydrogen-bond acceptors (Lipinski definition) is 6. The first kappa shape index (κ1) is 15.5. The molecule has 0 fully saturated rings. The summed E-state index contributed by atoms with van der Waals surface area (Å²) in [4.78, 5) is 11.9. The van der Waals surface area contributed by atoms with Crippen LogP contribution in [0.15, 0.2) is 40.3 Å². The molecule has 1 heterocycles. The van der Waals surface area contributed by atoms with Crippen molar-refractivity contribution in [3.8, 4) is 0 Å². The number of carbonyl (C=O) groups is 1. The predicted molar refractivity (Wildman–Crippen MR) is 77.3 cm³/mol. The molecule has 0 radical (unpaired) electrons. The van der Waals surface area contributed by atoms with Gasteiger partial charge in [0.25, 0.3) is 0 Å². The van der Waals surface area contributed by atoms with Gasteiger partial charge in [-0.1, -0.05) is 5.21 Å². The molecule has 1 aromatic carbocycles. The fourth-order valence-corrected chi connectivity index (χ4v) is 3.02. The number of sulfone groups is 1. The highest BCUT2D eigenvalue weighted by atomic mass is 32.2. The number of aromatic carboxylic acids is 1. The number of benzene rings is 1. The number of thioether (sulfide) groups is 1. The lowest BCUT2D eigenvalue weighted by molar-refractivity contribution is 0.0690. The first-order valence-electron chi connectivity index (χ1n) is 5.92. The number of hydrogen-bond donors (Lipinski definition) is 1. The van der Waals surface area contributed by atoms with E-state index in [0.717, 1.165) is 4.90 Å². The maximum atomic E-state index is 11.3. The fraction of sp³-hybridized carbons (Fsp3) is 0.250. The van der Waals surface area contributed by atoms with Gasteiger partial charge in [-0.2, -0.15) is 0 Å². The Labute approximate surface area is 125 Å². The summed E-state index contributed by atoms with van der Waals surface area (Å²) >= 11 is 1.52. The molecule has 112 valence electrons. The summed E-state index contributed by atoms with van der Waals surface area (Å²) in [6.45, 7) is 0.513.